The van der Waals surface area contributed by atoms with Gasteiger partial charge >= 0.3 is 0 Å². The van der Waals surface area contributed by atoms with Gasteiger partial charge in [-0.25, -0.2) is 0 Å². The zero-order chi connectivity index (χ0) is 9.54. The third kappa shape index (κ3) is 1.24. The molecule has 4 heterocycles. The smallest absolute Gasteiger partial charge is 0.245 e. The molecule has 0 aromatic carbocycles. The second-order valence-corrected chi connectivity index (χ2v) is 4.03. The number of fused-ring (bicyclic) bond motifs is 3. The van der Waals surface area contributed by atoms with E-state index in [1.54, 1.807) is 0 Å². The van der Waals surface area contributed by atoms with Crippen LogP contribution < -0.4 is 0 Å². The molecular formula is C9H14N4O. The van der Waals surface area contributed by atoms with Crippen molar-refractivity contribution >= 4 is 0 Å². The van der Waals surface area contributed by atoms with Gasteiger partial charge in [0, 0.05) is 32.7 Å². The minimum Gasteiger partial charge on any atom is -0.338 e. The van der Waals surface area contributed by atoms with Crippen LogP contribution in [0.5, 0.6) is 0 Å². The Balaban J connectivity index is 1.85. The lowest BCUT2D eigenvalue weighted by molar-refractivity contribution is -0.00104. The molecule has 0 saturated carbocycles. The molecule has 76 valence electrons. The molecule has 1 aromatic heterocycles. The van der Waals surface area contributed by atoms with Crippen LogP contribution in [-0.4, -0.2) is 52.7 Å². The Morgan fingerprint density at radius 2 is 2.07 bits per heavy atom. The van der Waals surface area contributed by atoms with E-state index < -0.39 is 0 Å². The molecule has 5 nitrogen and oxygen atoms in total. The summed E-state index contributed by atoms with van der Waals surface area (Å²) in [7, 11) is 0. The Hall–Kier alpha value is -0.940. The largest absolute Gasteiger partial charge is 0.338 e. The summed E-state index contributed by atoms with van der Waals surface area (Å²) < 4.78 is 5.23. The molecule has 0 spiro atoms. The lowest BCUT2D eigenvalue weighted by atomic mass is 10.1. The minimum atomic E-state index is 0.332. The summed E-state index contributed by atoms with van der Waals surface area (Å²) in [5.41, 5.74) is 0. The van der Waals surface area contributed by atoms with Crippen molar-refractivity contribution in [2.45, 2.75) is 13.0 Å². The number of hydrogen-bond donors (Lipinski definition) is 0. The van der Waals surface area contributed by atoms with E-state index in [0.717, 1.165) is 31.3 Å². The highest BCUT2D eigenvalue weighted by Gasteiger charge is 2.35. The molecule has 4 rings (SSSR count). The van der Waals surface area contributed by atoms with E-state index in [4.69, 9.17) is 4.52 Å². The summed E-state index contributed by atoms with van der Waals surface area (Å²) >= 11 is 0. The van der Waals surface area contributed by atoms with Gasteiger partial charge in [-0.15, -0.1) is 0 Å². The van der Waals surface area contributed by atoms with Crippen LogP contribution in [0.25, 0.3) is 0 Å². The maximum absolute atomic E-state index is 5.23. The van der Waals surface area contributed by atoms with Gasteiger partial charge in [-0.05, 0) is 6.92 Å². The van der Waals surface area contributed by atoms with Gasteiger partial charge in [0.15, 0.2) is 5.82 Å². The topological polar surface area (TPSA) is 45.4 Å². The number of hydrogen-bond acceptors (Lipinski definition) is 5. The van der Waals surface area contributed by atoms with Crippen molar-refractivity contribution < 1.29 is 4.52 Å². The molecule has 0 N–H and O–H groups in total. The standard InChI is InChI=1S/C9H14N4O/c1-7-10-9(14-11-7)8-6-12-2-4-13(8)5-3-12/h8H,2-6H2,1H3. The van der Waals surface area contributed by atoms with E-state index in [1.807, 2.05) is 6.92 Å². The predicted molar refractivity (Wildman–Crippen MR) is 49.8 cm³/mol. The highest BCUT2D eigenvalue weighted by Crippen LogP contribution is 2.27. The van der Waals surface area contributed by atoms with Crippen LogP contribution in [0, 0.1) is 6.92 Å². The van der Waals surface area contributed by atoms with Gasteiger partial charge in [0.25, 0.3) is 0 Å². The van der Waals surface area contributed by atoms with Crippen LogP contribution in [0.15, 0.2) is 4.52 Å². The van der Waals surface area contributed by atoms with E-state index in [9.17, 15) is 0 Å². The van der Waals surface area contributed by atoms with Gasteiger partial charge < -0.3 is 4.52 Å². The Morgan fingerprint density at radius 1 is 1.29 bits per heavy atom. The lowest BCUT2D eigenvalue weighted by Crippen LogP contribution is -2.56. The normalized spacial score (nSPS) is 36.2. The summed E-state index contributed by atoms with van der Waals surface area (Å²) in [5, 5.41) is 3.84. The fourth-order valence-electron chi connectivity index (χ4n) is 2.30. The molecule has 2 bridgehead atoms. The fourth-order valence-corrected chi connectivity index (χ4v) is 2.30. The lowest BCUT2D eigenvalue weighted by Gasteiger charge is -2.45. The maximum atomic E-state index is 5.23. The minimum absolute atomic E-state index is 0.332. The Kier molecular flexibility index (Phi) is 1.81. The van der Waals surface area contributed by atoms with Crippen molar-refractivity contribution in [3.05, 3.63) is 11.7 Å². The molecular weight excluding hydrogens is 180 g/mol. The summed E-state index contributed by atoms with van der Waals surface area (Å²) in [6.07, 6.45) is 0. The number of aromatic nitrogens is 2. The van der Waals surface area contributed by atoms with Gasteiger partial charge in [-0.1, -0.05) is 5.16 Å². The Morgan fingerprint density at radius 3 is 2.57 bits per heavy atom. The van der Waals surface area contributed by atoms with E-state index in [1.165, 1.54) is 13.1 Å². The average molecular weight is 194 g/mol. The molecule has 0 amide bonds. The zero-order valence-electron chi connectivity index (χ0n) is 8.31. The summed E-state index contributed by atoms with van der Waals surface area (Å²) in [5.74, 6) is 1.52. The maximum Gasteiger partial charge on any atom is 0.245 e. The number of rotatable bonds is 1. The molecule has 5 heteroatoms. The Labute approximate surface area is 82.7 Å². The molecule has 1 atom stereocenters. The monoisotopic (exact) mass is 194 g/mol. The van der Waals surface area contributed by atoms with Crippen LogP contribution in [0.3, 0.4) is 0 Å². The second-order valence-electron chi connectivity index (χ2n) is 4.03. The van der Waals surface area contributed by atoms with E-state index >= 15 is 0 Å². The SMILES string of the molecule is Cc1noc(C2CN3CCN2CC3)n1. The number of aryl methyl sites for hydroxylation is 1. The molecule has 0 aliphatic carbocycles. The van der Waals surface area contributed by atoms with Crippen molar-refractivity contribution in [2.24, 2.45) is 0 Å². The van der Waals surface area contributed by atoms with Crippen molar-refractivity contribution in [2.75, 3.05) is 32.7 Å². The zero-order valence-corrected chi connectivity index (χ0v) is 8.31. The quantitative estimate of drug-likeness (QED) is 0.632. The molecule has 3 fully saturated rings. The molecule has 0 radical (unpaired) electrons. The van der Waals surface area contributed by atoms with Gasteiger partial charge in [-0.3, -0.25) is 9.80 Å². The van der Waals surface area contributed by atoms with Crippen LogP contribution in [0.1, 0.15) is 17.8 Å². The number of piperazine rings is 3. The summed E-state index contributed by atoms with van der Waals surface area (Å²) in [6.45, 7) is 7.54. The van der Waals surface area contributed by atoms with E-state index in [0.29, 0.717) is 6.04 Å². The molecule has 3 saturated heterocycles. The molecule has 14 heavy (non-hydrogen) atoms. The molecule has 3 aliphatic heterocycles. The first-order valence-electron chi connectivity index (χ1n) is 5.09. The highest BCUT2D eigenvalue weighted by atomic mass is 16.5. The Bertz CT molecular complexity index is 329. The summed E-state index contributed by atoms with van der Waals surface area (Å²) in [6, 6.07) is 0.332. The van der Waals surface area contributed by atoms with Crippen LogP contribution in [-0.2, 0) is 0 Å². The van der Waals surface area contributed by atoms with Crippen molar-refractivity contribution in [3.8, 4) is 0 Å². The average Bonchev–Trinajstić information content (AvgIpc) is 2.66. The first-order valence-corrected chi connectivity index (χ1v) is 5.09. The van der Waals surface area contributed by atoms with Crippen LogP contribution >= 0.6 is 0 Å². The van der Waals surface area contributed by atoms with Gasteiger partial charge in [0.1, 0.15) is 6.04 Å². The molecule has 1 unspecified atom stereocenters. The first kappa shape index (κ1) is 8.38. The molecule has 3 aliphatic rings. The third-order valence-corrected chi connectivity index (χ3v) is 3.11. The number of nitrogens with zero attached hydrogens (tertiary/aromatic N) is 4. The fraction of sp³-hybridized carbons (Fsp3) is 0.778. The van der Waals surface area contributed by atoms with Crippen molar-refractivity contribution in [3.63, 3.8) is 0 Å². The highest BCUT2D eigenvalue weighted by molar-refractivity contribution is 4.99. The van der Waals surface area contributed by atoms with Crippen LogP contribution in [0.4, 0.5) is 0 Å². The van der Waals surface area contributed by atoms with Crippen molar-refractivity contribution in [1.82, 2.24) is 19.9 Å². The molecule has 1 aromatic rings. The van der Waals surface area contributed by atoms with Gasteiger partial charge in [0.05, 0.1) is 0 Å². The summed E-state index contributed by atoms with van der Waals surface area (Å²) in [4.78, 5) is 9.21. The van der Waals surface area contributed by atoms with E-state index in [2.05, 4.69) is 19.9 Å². The van der Waals surface area contributed by atoms with Crippen LogP contribution in [0.2, 0.25) is 0 Å². The predicted octanol–water partition coefficient (Wildman–Crippen LogP) is 0.0503. The van der Waals surface area contributed by atoms with Crippen molar-refractivity contribution in [1.29, 1.82) is 0 Å². The van der Waals surface area contributed by atoms with Gasteiger partial charge in [0.2, 0.25) is 5.89 Å². The first-order chi connectivity index (χ1) is 6.83. The second kappa shape index (κ2) is 3.03. The third-order valence-electron chi connectivity index (χ3n) is 3.11. The van der Waals surface area contributed by atoms with Gasteiger partial charge in [-0.2, -0.15) is 4.98 Å². The van der Waals surface area contributed by atoms with E-state index in [-0.39, 0.29) is 0 Å².